The first-order valence-corrected chi connectivity index (χ1v) is 7.18. The van der Waals surface area contributed by atoms with Crippen LogP contribution in [0.5, 0.6) is 11.5 Å². The predicted molar refractivity (Wildman–Crippen MR) is 90.2 cm³/mol. The molecule has 0 amide bonds. The molecule has 0 N–H and O–H groups in total. The van der Waals surface area contributed by atoms with Crippen LogP contribution >= 0.6 is 0 Å². The molecule has 4 nitrogen and oxygen atoms in total. The van der Waals surface area contributed by atoms with Gasteiger partial charge in [-0.2, -0.15) is 0 Å². The summed E-state index contributed by atoms with van der Waals surface area (Å²) >= 11 is 0. The molecule has 1 aromatic heterocycles. The minimum Gasteiger partial charge on any atom is -0.493 e. The largest absolute Gasteiger partial charge is 0.493 e. The average Bonchev–Trinajstić information content (AvgIpc) is 2.59. The van der Waals surface area contributed by atoms with E-state index < -0.39 is 0 Å². The van der Waals surface area contributed by atoms with Crippen molar-refractivity contribution >= 4 is 11.0 Å². The Morgan fingerprint density at radius 3 is 2.74 bits per heavy atom. The standard InChI is InChI=1S/C19H16O4/c1-3-10-22-17-9-8-13(11-19(17)21-2)18-12-15(20)14-6-4-5-7-16(14)23-18/h3-9,11-12H,1,10H2,2H3. The van der Waals surface area contributed by atoms with Gasteiger partial charge in [0.1, 0.15) is 18.0 Å². The van der Waals surface area contributed by atoms with Gasteiger partial charge in [0.05, 0.1) is 12.5 Å². The molecule has 0 saturated carbocycles. The zero-order valence-electron chi connectivity index (χ0n) is 12.7. The van der Waals surface area contributed by atoms with Crippen molar-refractivity contribution in [1.29, 1.82) is 0 Å². The molecule has 0 atom stereocenters. The first-order chi connectivity index (χ1) is 11.2. The van der Waals surface area contributed by atoms with E-state index in [1.165, 1.54) is 6.07 Å². The smallest absolute Gasteiger partial charge is 0.193 e. The van der Waals surface area contributed by atoms with E-state index in [0.717, 1.165) is 5.56 Å². The van der Waals surface area contributed by atoms with Gasteiger partial charge < -0.3 is 13.9 Å². The van der Waals surface area contributed by atoms with Crippen LogP contribution in [0.25, 0.3) is 22.3 Å². The Hall–Kier alpha value is -3.01. The SMILES string of the molecule is C=CCOc1ccc(-c2cc(=O)c3ccccc3o2)cc1OC. The van der Waals surface area contributed by atoms with E-state index in [4.69, 9.17) is 13.9 Å². The molecule has 0 saturated heterocycles. The lowest BCUT2D eigenvalue weighted by atomic mass is 10.1. The van der Waals surface area contributed by atoms with E-state index in [0.29, 0.717) is 34.8 Å². The van der Waals surface area contributed by atoms with Crippen molar-refractivity contribution in [2.75, 3.05) is 13.7 Å². The van der Waals surface area contributed by atoms with E-state index >= 15 is 0 Å². The summed E-state index contributed by atoms with van der Waals surface area (Å²) < 4.78 is 16.7. The lowest BCUT2D eigenvalue weighted by molar-refractivity contribution is 0.326. The minimum absolute atomic E-state index is 0.0761. The van der Waals surface area contributed by atoms with Gasteiger partial charge in [-0.25, -0.2) is 0 Å². The van der Waals surface area contributed by atoms with Crippen molar-refractivity contribution in [2.24, 2.45) is 0 Å². The number of rotatable bonds is 5. The van der Waals surface area contributed by atoms with Crippen LogP contribution in [-0.2, 0) is 0 Å². The fourth-order valence-corrected chi connectivity index (χ4v) is 2.34. The number of hydrogen-bond donors (Lipinski definition) is 0. The van der Waals surface area contributed by atoms with Gasteiger partial charge in [0.15, 0.2) is 16.9 Å². The van der Waals surface area contributed by atoms with Gasteiger partial charge in [0, 0.05) is 11.6 Å². The van der Waals surface area contributed by atoms with Crippen molar-refractivity contribution in [2.45, 2.75) is 0 Å². The third-order valence-corrected chi connectivity index (χ3v) is 3.44. The molecule has 0 aliphatic carbocycles. The van der Waals surface area contributed by atoms with Crippen molar-refractivity contribution in [1.82, 2.24) is 0 Å². The third-order valence-electron chi connectivity index (χ3n) is 3.44. The van der Waals surface area contributed by atoms with Gasteiger partial charge in [-0.05, 0) is 30.3 Å². The Bertz CT molecular complexity index is 909. The summed E-state index contributed by atoms with van der Waals surface area (Å²) in [4.78, 5) is 12.2. The molecule has 3 rings (SSSR count). The number of hydrogen-bond acceptors (Lipinski definition) is 4. The lowest BCUT2D eigenvalue weighted by Crippen LogP contribution is -2.00. The number of methoxy groups -OCH3 is 1. The van der Waals surface area contributed by atoms with E-state index in [-0.39, 0.29) is 5.43 Å². The van der Waals surface area contributed by atoms with Gasteiger partial charge in [0.2, 0.25) is 0 Å². The highest BCUT2D eigenvalue weighted by Crippen LogP contribution is 2.33. The topological polar surface area (TPSA) is 48.7 Å². The highest BCUT2D eigenvalue weighted by molar-refractivity contribution is 5.78. The van der Waals surface area contributed by atoms with E-state index in [2.05, 4.69) is 6.58 Å². The quantitative estimate of drug-likeness (QED) is 0.668. The normalized spacial score (nSPS) is 10.5. The van der Waals surface area contributed by atoms with E-state index in [1.807, 2.05) is 18.2 Å². The van der Waals surface area contributed by atoms with E-state index in [9.17, 15) is 4.79 Å². The molecule has 0 aliphatic rings. The summed E-state index contributed by atoms with van der Waals surface area (Å²) in [6.45, 7) is 4.01. The number of ether oxygens (including phenoxy) is 2. The monoisotopic (exact) mass is 308 g/mol. The second-order valence-electron chi connectivity index (χ2n) is 4.94. The van der Waals surface area contributed by atoms with Crippen LogP contribution in [0, 0.1) is 0 Å². The van der Waals surface area contributed by atoms with Crippen molar-refractivity contribution in [3.8, 4) is 22.8 Å². The zero-order chi connectivity index (χ0) is 16.2. The summed E-state index contributed by atoms with van der Waals surface area (Å²) in [5, 5.41) is 0.564. The van der Waals surface area contributed by atoms with Crippen LogP contribution in [0.15, 0.2) is 70.4 Å². The van der Waals surface area contributed by atoms with Gasteiger partial charge in [-0.15, -0.1) is 0 Å². The zero-order valence-corrected chi connectivity index (χ0v) is 12.7. The number of para-hydroxylation sites is 1. The molecule has 0 aliphatic heterocycles. The number of benzene rings is 2. The average molecular weight is 308 g/mol. The third kappa shape index (κ3) is 2.97. The van der Waals surface area contributed by atoms with Crippen LogP contribution in [0.4, 0.5) is 0 Å². The van der Waals surface area contributed by atoms with E-state index in [1.54, 1.807) is 37.5 Å². The first-order valence-electron chi connectivity index (χ1n) is 7.18. The van der Waals surface area contributed by atoms with Crippen LogP contribution in [0.1, 0.15) is 0 Å². The summed E-state index contributed by atoms with van der Waals surface area (Å²) in [5.74, 6) is 1.67. The highest BCUT2D eigenvalue weighted by atomic mass is 16.5. The maximum atomic E-state index is 12.2. The van der Waals surface area contributed by atoms with Crippen LogP contribution in [0.2, 0.25) is 0 Å². The Morgan fingerprint density at radius 1 is 1.13 bits per heavy atom. The summed E-state index contributed by atoms with van der Waals surface area (Å²) in [7, 11) is 1.57. The van der Waals surface area contributed by atoms with Gasteiger partial charge >= 0.3 is 0 Å². The van der Waals surface area contributed by atoms with Crippen LogP contribution in [-0.4, -0.2) is 13.7 Å². The maximum absolute atomic E-state index is 12.2. The second-order valence-corrected chi connectivity index (χ2v) is 4.94. The highest BCUT2D eigenvalue weighted by Gasteiger charge is 2.10. The molecule has 0 bridgehead atoms. The molecule has 3 aromatic rings. The molecular formula is C19H16O4. The molecule has 1 heterocycles. The molecule has 23 heavy (non-hydrogen) atoms. The molecule has 2 aromatic carbocycles. The Morgan fingerprint density at radius 2 is 1.96 bits per heavy atom. The van der Waals surface area contributed by atoms with Crippen LogP contribution in [0.3, 0.4) is 0 Å². The van der Waals surface area contributed by atoms with Gasteiger partial charge in [0.25, 0.3) is 0 Å². The molecule has 0 fully saturated rings. The number of fused-ring (bicyclic) bond motifs is 1. The fourth-order valence-electron chi connectivity index (χ4n) is 2.34. The summed E-state index contributed by atoms with van der Waals surface area (Å²) in [6, 6.07) is 14.1. The molecular weight excluding hydrogens is 292 g/mol. The molecule has 4 heteroatoms. The van der Waals surface area contributed by atoms with Crippen molar-refractivity contribution in [3.63, 3.8) is 0 Å². The molecule has 0 unspecified atom stereocenters. The lowest BCUT2D eigenvalue weighted by Gasteiger charge is -2.11. The van der Waals surface area contributed by atoms with Crippen LogP contribution < -0.4 is 14.9 Å². The molecule has 0 radical (unpaired) electrons. The predicted octanol–water partition coefficient (Wildman–Crippen LogP) is 4.03. The summed E-state index contributed by atoms with van der Waals surface area (Å²) in [5.41, 5.74) is 1.23. The Balaban J connectivity index is 2.08. The maximum Gasteiger partial charge on any atom is 0.193 e. The first kappa shape index (κ1) is 14.9. The molecule has 116 valence electrons. The fraction of sp³-hybridized carbons (Fsp3) is 0.105. The minimum atomic E-state index is -0.0761. The Labute approximate surface area is 133 Å². The van der Waals surface area contributed by atoms with Gasteiger partial charge in [-0.3, -0.25) is 4.79 Å². The van der Waals surface area contributed by atoms with Gasteiger partial charge in [-0.1, -0.05) is 24.8 Å². The molecule has 0 spiro atoms. The second kappa shape index (κ2) is 6.40. The Kier molecular flexibility index (Phi) is 4.15. The van der Waals surface area contributed by atoms with Crippen molar-refractivity contribution < 1.29 is 13.9 Å². The summed E-state index contributed by atoms with van der Waals surface area (Å²) in [6.07, 6.45) is 1.66. The van der Waals surface area contributed by atoms with Crippen molar-refractivity contribution in [3.05, 3.63) is 71.4 Å².